The van der Waals surface area contributed by atoms with E-state index < -0.39 is 9.84 Å². The molecule has 0 spiro atoms. The first-order valence-electron chi connectivity index (χ1n) is 10.5. The maximum atomic E-state index is 12.6. The molecule has 0 atom stereocenters. The van der Waals surface area contributed by atoms with Gasteiger partial charge < -0.3 is 4.57 Å². The van der Waals surface area contributed by atoms with Crippen LogP contribution in [0.4, 0.5) is 0 Å². The van der Waals surface area contributed by atoms with E-state index >= 15 is 0 Å². The van der Waals surface area contributed by atoms with E-state index in [1.807, 2.05) is 22.8 Å². The monoisotopic (exact) mass is 413 g/mol. The van der Waals surface area contributed by atoms with Gasteiger partial charge in [0, 0.05) is 19.1 Å². The zero-order chi connectivity index (χ0) is 20.7. The molecule has 0 bridgehead atoms. The van der Waals surface area contributed by atoms with E-state index in [9.17, 15) is 8.42 Å². The topological polar surface area (TPSA) is 55.2 Å². The van der Waals surface area contributed by atoms with E-state index in [4.69, 9.17) is 6.42 Å². The Balaban J connectivity index is 1.87. The van der Waals surface area contributed by atoms with Crippen LogP contribution in [0, 0.1) is 12.3 Å². The van der Waals surface area contributed by atoms with Crippen molar-refractivity contribution >= 4 is 9.84 Å². The summed E-state index contributed by atoms with van der Waals surface area (Å²) < 4.78 is 27.1. The molecule has 1 aliphatic carbocycles. The Kier molecular flexibility index (Phi) is 7.51. The zero-order valence-corrected chi connectivity index (χ0v) is 18.1. The highest BCUT2D eigenvalue weighted by Crippen LogP contribution is 2.25. The first-order valence-corrected chi connectivity index (χ1v) is 12.2. The average molecular weight is 414 g/mol. The lowest BCUT2D eigenvalue weighted by Gasteiger charge is -2.33. The van der Waals surface area contributed by atoms with Crippen molar-refractivity contribution in [3.63, 3.8) is 0 Å². The number of aromatic nitrogens is 2. The van der Waals surface area contributed by atoms with Gasteiger partial charge in [0.25, 0.3) is 0 Å². The van der Waals surface area contributed by atoms with Crippen LogP contribution in [-0.4, -0.2) is 41.2 Å². The minimum Gasteiger partial charge on any atom is -0.317 e. The molecule has 0 saturated heterocycles. The van der Waals surface area contributed by atoms with E-state index in [2.05, 4.69) is 27.9 Å². The number of nitrogens with zero attached hydrogens (tertiary/aromatic N) is 3. The lowest BCUT2D eigenvalue weighted by Crippen LogP contribution is -2.37. The summed E-state index contributed by atoms with van der Waals surface area (Å²) in [5.41, 5.74) is 2.11. The van der Waals surface area contributed by atoms with Gasteiger partial charge in [-0.25, -0.2) is 13.4 Å². The van der Waals surface area contributed by atoms with Gasteiger partial charge >= 0.3 is 0 Å². The SMILES string of the molecule is C#CCN(Cc1cnc(S(=O)(=O)CC)n1CCc1ccccc1)C1CCCCC1. The van der Waals surface area contributed by atoms with Gasteiger partial charge in [0.15, 0.2) is 0 Å². The maximum absolute atomic E-state index is 12.6. The number of hydrogen-bond acceptors (Lipinski definition) is 4. The van der Waals surface area contributed by atoms with Crippen molar-refractivity contribution in [2.24, 2.45) is 0 Å². The minimum atomic E-state index is -3.39. The van der Waals surface area contributed by atoms with Crippen molar-refractivity contribution in [3.8, 4) is 12.3 Å². The second-order valence-corrected chi connectivity index (χ2v) is 9.90. The number of benzene rings is 1. The van der Waals surface area contributed by atoms with Crippen LogP contribution in [0.3, 0.4) is 0 Å². The Hall–Kier alpha value is -2.10. The first kappa shape index (κ1) is 21.6. The number of hydrogen-bond donors (Lipinski definition) is 0. The Morgan fingerprint density at radius 3 is 2.59 bits per heavy atom. The predicted octanol–water partition coefficient (Wildman–Crippen LogP) is 3.69. The molecule has 0 aliphatic heterocycles. The third-order valence-corrected chi connectivity index (χ3v) is 7.42. The summed E-state index contributed by atoms with van der Waals surface area (Å²) in [5.74, 6) is 2.84. The van der Waals surface area contributed by atoms with Gasteiger partial charge in [-0.2, -0.15) is 0 Å². The van der Waals surface area contributed by atoms with Crippen molar-refractivity contribution in [2.45, 2.75) is 69.7 Å². The molecule has 6 heteroatoms. The first-order chi connectivity index (χ1) is 14.0. The van der Waals surface area contributed by atoms with Gasteiger partial charge in [-0.1, -0.05) is 62.4 Å². The molecule has 2 aromatic rings. The average Bonchev–Trinajstić information content (AvgIpc) is 3.16. The number of sulfone groups is 1. The van der Waals surface area contributed by atoms with E-state index in [1.165, 1.54) is 24.8 Å². The molecule has 0 amide bonds. The van der Waals surface area contributed by atoms with Gasteiger partial charge in [0.1, 0.15) is 0 Å². The summed E-state index contributed by atoms with van der Waals surface area (Å²) in [6.07, 6.45) is 14.2. The largest absolute Gasteiger partial charge is 0.317 e. The number of aryl methyl sites for hydroxylation is 1. The highest BCUT2D eigenvalue weighted by Gasteiger charge is 2.25. The molecule has 3 rings (SSSR count). The van der Waals surface area contributed by atoms with Crippen molar-refractivity contribution in [1.29, 1.82) is 0 Å². The molecular formula is C23H31N3O2S. The Labute approximate surface area is 175 Å². The normalized spacial score (nSPS) is 15.5. The number of imidazole rings is 1. The molecule has 0 radical (unpaired) electrons. The molecular weight excluding hydrogens is 382 g/mol. The quantitative estimate of drug-likeness (QED) is 0.589. The molecule has 156 valence electrons. The second kappa shape index (κ2) is 10.1. The summed E-state index contributed by atoms with van der Waals surface area (Å²) in [6, 6.07) is 10.6. The van der Waals surface area contributed by atoms with Crippen LogP contribution in [0.5, 0.6) is 0 Å². The highest BCUT2D eigenvalue weighted by atomic mass is 32.2. The summed E-state index contributed by atoms with van der Waals surface area (Å²) >= 11 is 0. The summed E-state index contributed by atoms with van der Waals surface area (Å²) in [7, 11) is -3.39. The van der Waals surface area contributed by atoms with E-state index in [1.54, 1.807) is 13.1 Å². The molecule has 1 fully saturated rings. The second-order valence-electron chi connectivity index (χ2n) is 7.72. The third kappa shape index (κ3) is 5.49. The minimum absolute atomic E-state index is 0.0471. The van der Waals surface area contributed by atoms with Crippen molar-refractivity contribution < 1.29 is 8.42 Å². The highest BCUT2D eigenvalue weighted by molar-refractivity contribution is 7.91. The molecule has 1 heterocycles. The lowest BCUT2D eigenvalue weighted by molar-refractivity contribution is 0.163. The third-order valence-electron chi connectivity index (χ3n) is 5.78. The van der Waals surface area contributed by atoms with Crippen molar-refractivity contribution in [1.82, 2.24) is 14.5 Å². The molecule has 5 nitrogen and oxygen atoms in total. The summed E-state index contributed by atoms with van der Waals surface area (Å²) in [6.45, 7) is 3.46. The standard InChI is InChI=1S/C23H31N3O2S/c1-3-16-25(21-13-9-6-10-14-21)19-22-18-24-23(29(27,28)4-2)26(22)17-15-20-11-7-5-8-12-20/h1,5,7-8,11-12,18,21H,4,6,9-10,13-17,19H2,2H3. The van der Waals surface area contributed by atoms with Gasteiger partial charge in [-0.15, -0.1) is 6.42 Å². The smallest absolute Gasteiger partial charge is 0.227 e. The van der Waals surface area contributed by atoms with Crippen LogP contribution in [-0.2, 0) is 29.3 Å². The Bertz CT molecular complexity index is 923. The molecule has 1 aromatic carbocycles. The van der Waals surface area contributed by atoms with E-state index in [0.717, 1.165) is 25.0 Å². The number of terminal acetylenes is 1. The van der Waals surface area contributed by atoms with Gasteiger partial charge in [-0.3, -0.25) is 4.90 Å². The summed E-state index contributed by atoms with van der Waals surface area (Å²) in [5, 5.41) is 0.176. The van der Waals surface area contributed by atoms with Crippen LogP contribution in [0.15, 0.2) is 41.7 Å². The molecule has 1 aromatic heterocycles. The van der Waals surface area contributed by atoms with Crippen molar-refractivity contribution in [2.75, 3.05) is 12.3 Å². The maximum Gasteiger partial charge on any atom is 0.227 e. The molecule has 1 aliphatic rings. The Morgan fingerprint density at radius 1 is 1.21 bits per heavy atom. The molecule has 1 saturated carbocycles. The molecule has 29 heavy (non-hydrogen) atoms. The van der Waals surface area contributed by atoms with E-state index in [-0.39, 0.29) is 10.9 Å². The van der Waals surface area contributed by atoms with Crippen LogP contribution in [0.1, 0.15) is 50.3 Å². The van der Waals surface area contributed by atoms with Crippen LogP contribution < -0.4 is 0 Å². The zero-order valence-electron chi connectivity index (χ0n) is 17.3. The fraction of sp³-hybridized carbons (Fsp3) is 0.522. The summed E-state index contributed by atoms with van der Waals surface area (Å²) in [4.78, 5) is 6.64. The van der Waals surface area contributed by atoms with Crippen LogP contribution in [0.25, 0.3) is 0 Å². The fourth-order valence-electron chi connectivity index (χ4n) is 4.11. The van der Waals surface area contributed by atoms with Gasteiger partial charge in [0.2, 0.25) is 15.0 Å². The predicted molar refractivity (Wildman–Crippen MR) is 116 cm³/mol. The lowest BCUT2D eigenvalue weighted by atomic mass is 9.94. The van der Waals surface area contributed by atoms with E-state index in [0.29, 0.717) is 25.7 Å². The Morgan fingerprint density at radius 2 is 1.93 bits per heavy atom. The van der Waals surface area contributed by atoms with Crippen LogP contribution in [0.2, 0.25) is 0 Å². The van der Waals surface area contributed by atoms with Gasteiger partial charge in [-0.05, 0) is 24.8 Å². The van der Waals surface area contributed by atoms with Crippen molar-refractivity contribution in [3.05, 3.63) is 47.8 Å². The molecule has 0 N–H and O–H groups in total. The number of rotatable bonds is 9. The van der Waals surface area contributed by atoms with Gasteiger partial charge in [0.05, 0.1) is 24.2 Å². The fourth-order valence-corrected chi connectivity index (χ4v) is 5.12. The van der Waals surface area contributed by atoms with Crippen LogP contribution >= 0.6 is 0 Å². The molecule has 0 unspecified atom stereocenters.